The van der Waals surface area contributed by atoms with E-state index in [1.165, 1.54) is 24.7 Å². The zero-order valence-electron chi connectivity index (χ0n) is 19.5. The Morgan fingerprint density at radius 2 is 1.78 bits per heavy atom. The van der Waals surface area contributed by atoms with E-state index in [-0.39, 0.29) is 17.7 Å². The topological polar surface area (TPSA) is 83.5 Å². The lowest BCUT2D eigenvalue weighted by atomic mass is 9.86. The van der Waals surface area contributed by atoms with Gasteiger partial charge in [-0.2, -0.15) is 0 Å². The first-order chi connectivity index (χ1) is 17.3. The Morgan fingerprint density at radius 3 is 2.42 bits per heavy atom. The number of alkyl halides is 1. The van der Waals surface area contributed by atoms with E-state index in [1.807, 2.05) is 4.90 Å². The summed E-state index contributed by atoms with van der Waals surface area (Å²) >= 11 is 0. The van der Waals surface area contributed by atoms with E-state index in [1.54, 1.807) is 29.2 Å². The predicted octanol–water partition coefficient (Wildman–Crippen LogP) is 3.66. The summed E-state index contributed by atoms with van der Waals surface area (Å²) < 4.78 is 35.0. The van der Waals surface area contributed by atoms with Gasteiger partial charge < -0.3 is 19.9 Å². The molecule has 2 unspecified atom stereocenters. The molecule has 1 amide bonds. The van der Waals surface area contributed by atoms with Crippen LogP contribution in [0, 0.1) is 5.82 Å². The quantitative estimate of drug-likeness (QED) is 0.525. The smallest absolute Gasteiger partial charge is 0.258 e. The van der Waals surface area contributed by atoms with Crippen molar-refractivity contribution in [3.05, 3.63) is 60.3 Å². The number of pyridine rings is 1. The van der Waals surface area contributed by atoms with Crippen LogP contribution in [0.1, 0.15) is 23.2 Å². The molecule has 2 atom stereocenters. The van der Waals surface area contributed by atoms with E-state index in [2.05, 4.69) is 29.5 Å². The van der Waals surface area contributed by atoms with Crippen LogP contribution in [0.2, 0.25) is 0 Å². The van der Waals surface area contributed by atoms with Crippen LogP contribution in [-0.2, 0) is 4.74 Å². The van der Waals surface area contributed by atoms with Crippen molar-refractivity contribution in [1.29, 1.82) is 0 Å². The van der Waals surface area contributed by atoms with Gasteiger partial charge in [-0.25, -0.2) is 23.7 Å². The molecule has 11 heteroatoms. The number of amides is 1. The van der Waals surface area contributed by atoms with Crippen LogP contribution in [0.4, 0.5) is 26.2 Å². The average molecular weight is 510 g/mol. The number of nitrogens with zero attached hydrogens (tertiary/aromatic N) is 5. The number of hydrogen-bond donors (Lipinski definition) is 1. The molecule has 1 aromatic carbocycles. The number of anilines is 3. The second-order valence-electron chi connectivity index (χ2n) is 9.61. The molecule has 3 fully saturated rings. The monoisotopic (exact) mass is 510 g/mol. The summed E-state index contributed by atoms with van der Waals surface area (Å²) in [7, 11) is 2.24. The maximum Gasteiger partial charge on any atom is 0.258 e. The van der Waals surface area contributed by atoms with Crippen LogP contribution >= 0.6 is 9.24 Å². The Balaban J connectivity index is 1.29. The number of carbonyl (C=O) groups excluding carboxylic acids is 1. The van der Waals surface area contributed by atoms with E-state index >= 15 is 0 Å². The van der Waals surface area contributed by atoms with Crippen molar-refractivity contribution in [3.63, 3.8) is 0 Å². The molecule has 3 aliphatic rings. The minimum absolute atomic E-state index is 0.0526. The van der Waals surface area contributed by atoms with Crippen molar-refractivity contribution in [3.8, 4) is 11.1 Å². The highest BCUT2D eigenvalue weighted by Gasteiger charge is 2.50. The van der Waals surface area contributed by atoms with E-state index in [0.29, 0.717) is 41.5 Å². The summed E-state index contributed by atoms with van der Waals surface area (Å²) in [6, 6.07) is 7.94. The first kappa shape index (κ1) is 23.2. The van der Waals surface area contributed by atoms with Gasteiger partial charge in [0.2, 0.25) is 5.95 Å². The molecule has 3 aliphatic heterocycles. The van der Waals surface area contributed by atoms with Crippen LogP contribution in [0.5, 0.6) is 0 Å². The molecule has 3 saturated heterocycles. The van der Waals surface area contributed by atoms with Crippen LogP contribution in [-0.4, -0.2) is 64.7 Å². The Hall–Kier alpha value is -3.23. The maximum absolute atomic E-state index is 14.7. The summed E-state index contributed by atoms with van der Waals surface area (Å²) in [6.07, 6.45) is 5.81. The molecule has 6 rings (SSSR count). The first-order valence-electron chi connectivity index (χ1n) is 11.8. The Morgan fingerprint density at radius 1 is 1.03 bits per heavy atom. The fraction of sp³-hybridized carbons (Fsp3) is 0.360. The van der Waals surface area contributed by atoms with Gasteiger partial charge in [-0.05, 0) is 12.1 Å². The minimum Gasteiger partial charge on any atom is -0.371 e. The van der Waals surface area contributed by atoms with Gasteiger partial charge in [-0.1, -0.05) is 27.4 Å². The van der Waals surface area contributed by atoms with Gasteiger partial charge in [0.15, 0.2) is 5.82 Å². The van der Waals surface area contributed by atoms with Crippen LogP contribution < -0.4 is 15.1 Å². The van der Waals surface area contributed by atoms with Crippen LogP contribution in [0.15, 0.2) is 48.9 Å². The number of carbonyl (C=O) groups is 1. The van der Waals surface area contributed by atoms with Crippen LogP contribution in [0.3, 0.4) is 0 Å². The molecule has 8 nitrogen and oxygen atoms in total. The Kier molecular flexibility index (Phi) is 5.61. The fourth-order valence-electron chi connectivity index (χ4n) is 4.91. The van der Waals surface area contributed by atoms with Gasteiger partial charge in [0, 0.05) is 49.1 Å². The number of benzene rings is 1. The third kappa shape index (κ3) is 4.18. The Bertz CT molecular complexity index is 1310. The molecular weight excluding hydrogens is 485 g/mol. The molecule has 3 aromatic rings. The maximum atomic E-state index is 14.7. The van der Waals surface area contributed by atoms with Crippen molar-refractivity contribution >= 4 is 32.6 Å². The van der Waals surface area contributed by atoms with Gasteiger partial charge in [0.1, 0.15) is 16.8 Å². The molecular formula is C25H25F2N6O2P. The first-order valence-corrected chi connectivity index (χ1v) is 12.4. The molecule has 0 radical (unpaired) electrons. The van der Waals surface area contributed by atoms with Gasteiger partial charge >= 0.3 is 0 Å². The molecule has 36 heavy (non-hydrogen) atoms. The van der Waals surface area contributed by atoms with E-state index in [4.69, 9.17) is 4.74 Å². The summed E-state index contributed by atoms with van der Waals surface area (Å²) in [4.78, 5) is 30.2. The molecule has 5 heterocycles. The third-order valence-electron chi connectivity index (χ3n) is 6.99. The second kappa shape index (κ2) is 8.71. The standard InChI is InChI=1S/C25H25F2N6O2P/c26-19-4-2-1-3-17(19)18-5-8-28-21(32-9-6-25(27,36)15-32)20(18)31-22(34)16-11-29-23(30-12-16)33-13-24(14-33)7-10-35-24/h1-5,8,11-12H,6-7,9-10,13-15,36H2,(H,31,34). The molecule has 0 bridgehead atoms. The highest BCUT2D eigenvalue weighted by Crippen LogP contribution is 2.41. The number of rotatable bonds is 5. The number of halogens is 2. The molecule has 186 valence electrons. The number of nitrogens with one attached hydrogen (secondary N) is 1. The molecule has 0 aliphatic carbocycles. The minimum atomic E-state index is -1.46. The average Bonchev–Trinajstić information content (AvgIpc) is 3.18. The van der Waals surface area contributed by atoms with E-state index in [0.717, 1.165) is 26.1 Å². The molecule has 1 N–H and O–H groups in total. The zero-order valence-corrected chi connectivity index (χ0v) is 20.6. The SMILES string of the molecule is O=C(Nc1c(-c2ccccc2F)ccnc1N1CCC(F)(P)C1)c1cnc(N2CC3(CCO3)C2)nc1. The van der Waals surface area contributed by atoms with Gasteiger partial charge in [0.05, 0.1) is 37.5 Å². The van der Waals surface area contributed by atoms with Crippen molar-refractivity contribution in [2.24, 2.45) is 0 Å². The zero-order chi connectivity index (χ0) is 24.9. The lowest BCUT2D eigenvalue weighted by Gasteiger charge is -2.54. The summed E-state index contributed by atoms with van der Waals surface area (Å²) in [5.74, 6) is 0.0221. The van der Waals surface area contributed by atoms with Gasteiger partial charge in [-0.15, -0.1) is 0 Å². The number of hydrogen-bond acceptors (Lipinski definition) is 7. The highest BCUT2D eigenvalue weighted by atomic mass is 31.0. The number of aromatic nitrogens is 3. The van der Waals surface area contributed by atoms with Crippen molar-refractivity contribution in [2.45, 2.75) is 23.9 Å². The summed E-state index contributed by atoms with van der Waals surface area (Å²) in [6.45, 7) is 2.78. The summed E-state index contributed by atoms with van der Waals surface area (Å²) in [5.41, 5.74) is 1.27. The normalized spacial score (nSPS) is 22.3. The van der Waals surface area contributed by atoms with Gasteiger partial charge in [-0.3, -0.25) is 4.79 Å². The number of ether oxygens (including phenoxy) is 1. The van der Waals surface area contributed by atoms with Gasteiger partial charge in [0.25, 0.3) is 5.91 Å². The highest BCUT2D eigenvalue weighted by molar-refractivity contribution is 7.18. The third-order valence-corrected chi connectivity index (χ3v) is 7.46. The summed E-state index contributed by atoms with van der Waals surface area (Å²) in [5, 5.41) is 1.42. The van der Waals surface area contributed by atoms with E-state index in [9.17, 15) is 13.6 Å². The van der Waals surface area contributed by atoms with E-state index < -0.39 is 17.1 Å². The van der Waals surface area contributed by atoms with Crippen molar-refractivity contribution < 1.29 is 18.3 Å². The lowest BCUT2D eigenvalue weighted by Crippen LogP contribution is -2.68. The second-order valence-corrected chi connectivity index (χ2v) is 10.6. The molecule has 0 saturated carbocycles. The molecule has 2 aromatic heterocycles. The fourth-order valence-corrected chi connectivity index (χ4v) is 5.26. The predicted molar refractivity (Wildman–Crippen MR) is 136 cm³/mol. The lowest BCUT2D eigenvalue weighted by molar-refractivity contribution is -0.161. The van der Waals surface area contributed by atoms with Crippen molar-refractivity contribution in [1.82, 2.24) is 15.0 Å². The largest absolute Gasteiger partial charge is 0.371 e. The van der Waals surface area contributed by atoms with Crippen LogP contribution in [0.25, 0.3) is 11.1 Å². The van der Waals surface area contributed by atoms with Crippen molar-refractivity contribution in [2.75, 3.05) is 47.9 Å². The molecule has 1 spiro atoms. The Labute approximate surface area is 209 Å².